The second-order valence-electron chi connectivity index (χ2n) is 6.05. The van der Waals surface area contributed by atoms with Gasteiger partial charge in [-0.3, -0.25) is 10.1 Å². The van der Waals surface area contributed by atoms with Crippen LogP contribution in [0.5, 0.6) is 0 Å². The fourth-order valence-electron chi connectivity index (χ4n) is 3.50. The number of anilines is 1. The van der Waals surface area contributed by atoms with Gasteiger partial charge in [0, 0.05) is 31.2 Å². The highest BCUT2D eigenvalue weighted by Gasteiger charge is 2.50. The van der Waals surface area contributed by atoms with Crippen LogP contribution in [-0.4, -0.2) is 35.1 Å². The molecule has 2 atom stereocenters. The summed E-state index contributed by atoms with van der Waals surface area (Å²) in [5.41, 5.74) is 0.0132. The summed E-state index contributed by atoms with van der Waals surface area (Å²) < 4.78 is 0.688. The Kier molecular flexibility index (Phi) is 3.21. The largest absolute Gasteiger partial charge is 0.350 e. The molecule has 20 heavy (non-hydrogen) atoms. The number of nitrogens with one attached hydrogen (secondary N) is 1. The van der Waals surface area contributed by atoms with Crippen molar-refractivity contribution in [2.75, 3.05) is 24.5 Å². The van der Waals surface area contributed by atoms with Gasteiger partial charge in [-0.15, -0.1) is 0 Å². The Morgan fingerprint density at radius 1 is 1.55 bits per heavy atom. The van der Waals surface area contributed by atoms with E-state index < -0.39 is 4.92 Å². The number of fused-ring (bicyclic) bond motifs is 1. The standard InChI is InChI=1S/C13H17BrN4O2/c1-13(2)10-6-15-4-8(10)7-17(13)12-11(14)3-9(5-16-12)18(19)20/h3,5,8,10,15H,4,6-7H2,1-2H3. The molecule has 0 bridgehead atoms. The van der Waals surface area contributed by atoms with Crippen molar-refractivity contribution >= 4 is 27.4 Å². The van der Waals surface area contributed by atoms with Crippen LogP contribution in [0.15, 0.2) is 16.7 Å². The number of hydrogen-bond donors (Lipinski definition) is 1. The first-order valence-corrected chi connectivity index (χ1v) is 7.49. The van der Waals surface area contributed by atoms with E-state index in [1.165, 1.54) is 12.3 Å². The van der Waals surface area contributed by atoms with E-state index in [9.17, 15) is 10.1 Å². The molecular formula is C13H17BrN4O2. The van der Waals surface area contributed by atoms with Crippen LogP contribution in [0, 0.1) is 22.0 Å². The monoisotopic (exact) mass is 340 g/mol. The predicted octanol–water partition coefficient (Wildman–Crippen LogP) is 2.19. The molecule has 108 valence electrons. The molecule has 3 heterocycles. The molecule has 6 nitrogen and oxygen atoms in total. The second-order valence-corrected chi connectivity index (χ2v) is 6.90. The Hall–Kier alpha value is -1.21. The van der Waals surface area contributed by atoms with Gasteiger partial charge in [0.25, 0.3) is 5.69 Å². The van der Waals surface area contributed by atoms with Crippen LogP contribution in [0.25, 0.3) is 0 Å². The molecule has 2 fully saturated rings. The molecule has 7 heteroatoms. The molecule has 1 N–H and O–H groups in total. The summed E-state index contributed by atoms with van der Waals surface area (Å²) in [6.07, 6.45) is 1.34. The quantitative estimate of drug-likeness (QED) is 0.660. The van der Waals surface area contributed by atoms with Crippen molar-refractivity contribution in [2.45, 2.75) is 19.4 Å². The highest BCUT2D eigenvalue weighted by Crippen LogP contribution is 2.44. The van der Waals surface area contributed by atoms with E-state index in [0.29, 0.717) is 16.3 Å². The molecule has 3 rings (SSSR count). The van der Waals surface area contributed by atoms with Gasteiger partial charge < -0.3 is 10.2 Å². The van der Waals surface area contributed by atoms with E-state index in [1.807, 2.05) is 0 Å². The van der Waals surface area contributed by atoms with Gasteiger partial charge >= 0.3 is 0 Å². The summed E-state index contributed by atoms with van der Waals surface area (Å²) in [4.78, 5) is 17.0. The minimum absolute atomic E-state index is 0.000179. The summed E-state index contributed by atoms with van der Waals surface area (Å²) in [5, 5.41) is 14.2. The molecule has 0 spiro atoms. The lowest BCUT2D eigenvalue weighted by Crippen LogP contribution is -2.45. The van der Waals surface area contributed by atoms with Crippen LogP contribution in [-0.2, 0) is 0 Å². The zero-order valence-corrected chi connectivity index (χ0v) is 13.1. The zero-order valence-electron chi connectivity index (χ0n) is 11.5. The number of hydrogen-bond acceptors (Lipinski definition) is 5. The highest BCUT2D eigenvalue weighted by molar-refractivity contribution is 9.10. The molecule has 2 saturated heterocycles. The molecule has 0 radical (unpaired) electrons. The fourth-order valence-corrected chi connectivity index (χ4v) is 4.05. The van der Waals surface area contributed by atoms with E-state index in [4.69, 9.17) is 0 Å². The fraction of sp³-hybridized carbons (Fsp3) is 0.615. The number of rotatable bonds is 2. The Balaban J connectivity index is 1.95. The summed E-state index contributed by atoms with van der Waals surface area (Å²) in [6.45, 7) is 7.45. The van der Waals surface area contributed by atoms with E-state index in [1.54, 1.807) is 0 Å². The van der Waals surface area contributed by atoms with Crippen molar-refractivity contribution < 1.29 is 4.92 Å². The molecule has 0 aliphatic carbocycles. The van der Waals surface area contributed by atoms with Crippen LogP contribution >= 0.6 is 15.9 Å². The van der Waals surface area contributed by atoms with Crippen molar-refractivity contribution in [3.05, 3.63) is 26.9 Å². The first kappa shape index (κ1) is 13.8. The molecule has 2 unspecified atom stereocenters. The average Bonchev–Trinajstić information content (AvgIpc) is 2.92. The third-order valence-electron chi connectivity index (χ3n) is 4.63. The van der Waals surface area contributed by atoms with Gasteiger partial charge in [-0.05, 0) is 41.6 Å². The SMILES string of the molecule is CC1(C)C2CNCC2CN1c1ncc([N+](=O)[O-])cc1Br. The van der Waals surface area contributed by atoms with Crippen LogP contribution in [0.1, 0.15) is 13.8 Å². The molecule has 2 aliphatic heterocycles. The van der Waals surface area contributed by atoms with Gasteiger partial charge in [-0.25, -0.2) is 4.98 Å². The number of nitro groups is 1. The van der Waals surface area contributed by atoms with Gasteiger partial charge in [0.15, 0.2) is 0 Å². The highest BCUT2D eigenvalue weighted by atomic mass is 79.9. The predicted molar refractivity (Wildman–Crippen MR) is 79.9 cm³/mol. The molecule has 0 amide bonds. The van der Waals surface area contributed by atoms with Crippen LogP contribution < -0.4 is 10.2 Å². The Morgan fingerprint density at radius 3 is 2.90 bits per heavy atom. The first-order chi connectivity index (χ1) is 9.41. The maximum absolute atomic E-state index is 10.8. The van der Waals surface area contributed by atoms with Gasteiger partial charge in [-0.1, -0.05) is 0 Å². The van der Waals surface area contributed by atoms with E-state index in [0.717, 1.165) is 25.5 Å². The normalized spacial score (nSPS) is 27.6. The van der Waals surface area contributed by atoms with E-state index in [2.05, 4.69) is 45.0 Å². The van der Waals surface area contributed by atoms with E-state index >= 15 is 0 Å². The lowest BCUT2D eigenvalue weighted by Gasteiger charge is -2.36. The van der Waals surface area contributed by atoms with Gasteiger partial charge in [0.2, 0.25) is 0 Å². The Morgan fingerprint density at radius 2 is 2.30 bits per heavy atom. The molecule has 0 saturated carbocycles. The number of halogens is 1. The summed E-state index contributed by atoms with van der Waals surface area (Å²) >= 11 is 3.43. The van der Waals surface area contributed by atoms with Gasteiger partial charge in [0.05, 0.1) is 9.40 Å². The van der Waals surface area contributed by atoms with Gasteiger partial charge in [0.1, 0.15) is 12.0 Å². The van der Waals surface area contributed by atoms with Crippen LogP contribution in [0.4, 0.5) is 11.5 Å². The lowest BCUT2D eigenvalue weighted by molar-refractivity contribution is -0.385. The molecule has 0 aromatic carbocycles. The number of nitrogens with zero attached hydrogens (tertiary/aromatic N) is 3. The molecule has 1 aromatic heterocycles. The smallest absolute Gasteiger partial charge is 0.288 e. The third-order valence-corrected chi connectivity index (χ3v) is 5.22. The maximum atomic E-state index is 10.8. The van der Waals surface area contributed by atoms with Crippen molar-refractivity contribution in [3.8, 4) is 0 Å². The zero-order chi connectivity index (χ0) is 14.5. The minimum Gasteiger partial charge on any atom is -0.350 e. The van der Waals surface area contributed by atoms with Crippen LogP contribution in [0.3, 0.4) is 0 Å². The van der Waals surface area contributed by atoms with Gasteiger partial charge in [-0.2, -0.15) is 0 Å². The topological polar surface area (TPSA) is 71.3 Å². The molecule has 1 aromatic rings. The summed E-state index contributed by atoms with van der Waals surface area (Å²) in [6, 6.07) is 1.53. The maximum Gasteiger partial charge on any atom is 0.288 e. The Bertz CT molecular complexity index is 563. The summed E-state index contributed by atoms with van der Waals surface area (Å²) in [7, 11) is 0. The van der Waals surface area contributed by atoms with Crippen LogP contribution in [0.2, 0.25) is 0 Å². The third kappa shape index (κ3) is 2.00. The summed E-state index contributed by atoms with van der Waals surface area (Å²) in [5.74, 6) is 2.01. The first-order valence-electron chi connectivity index (χ1n) is 6.69. The number of pyridine rings is 1. The lowest BCUT2D eigenvalue weighted by atomic mass is 9.85. The number of aromatic nitrogens is 1. The second kappa shape index (κ2) is 4.66. The van der Waals surface area contributed by atoms with Crippen molar-refractivity contribution in [1.82, 2.24) is 10.3 Å². The molecular weight excluding hydrogens is 324 g/mol. The van der Waals surface area contributed by atoms with Crippen molar-refractivity contribution in [2.24, 2.45) is 11.8 Å². The van der Waals surface area contributed by atoms with E-state index in [-0.39, 0.29) is 11.2 Å². The van der Waals surface area contributed by atoms with Crippen molar-refractivity contribution in [1.29, 1.82) is 0 Å². The average molecular weight is 341 g/mol. The molecule has 2 aliphatic rings. The minimum atomic E-state index is -0.421. The Labute approximate surface area is 125 Å². The van der Waals surface area contributed by atoms with Crippen molar-refractivity contribution in [3.63, 3.8) is 0 Å².